The molecule has 5 heteroatoms. The number of hydrogen-bond acceptors (Lipinski definition) is 3. The first kappa shape index (κ1) is 12.9. The minimum atomic E-state index is -0.954. The van der Waals surface area contributed by atoms with E-state index in [4.69, 9.17) is 5.11 Å². The molecular weight excluding hydrogens is 222 g/mol. The lowest BCUT2D eigenvalue weighted by Gasteiger charge is -2.00. The molecule has 0 saturated heterocycles. The number of nitrogens with zero attached hydrogens (tertiary/aromatic N) is 1. The molecule has 0 fully saturated rings. The highest BCUT2D eigenvalue weighted by Gasteiger charge is 2.07. The molecule has 0 atom stereocenters. The Hall–Kier alpha value is -2.17. The summed E-state index contributed by atoms with van der Waals surface area (Å²) in [5.41, 5.74) is 0.956. The number of benzene rings is 1. The lowest BCUT2D eigenvalue weighted by atomic mass is 10.1. The standard InChI is InChI=1S/C12H13NO4/c1-2-3-10(12(14)15)8-9-4-6-11(7-5-9)13(16)17/h4-8H,2-3H2,1H3,(H,14,15)/b10-8-. The Morgan fingerprint density at radius 1 is 1.41 bits per heavy atom. The van der Waals surface area contributed by atoms with Crippen molar-refractivity contribution in [2.24, 2.45) is 0 Å². The highest BCUT2D eigenvalue weighted by molar-refractivity contribution is 5.92. The van der Waals surface area contributed by atoms with Crippen molar-refractivity contribution in [1.29, 1.82) is 0 Å². The van der Waals surface area contributed by atoms with Crippen molar-refractivity contribution in [3.05, 3.63) is 45.5 Å². The summed E-state index contributed by atoms with van der Waals surface area (Å²) >= 11 is 0. The van der Waals surface area contributed by atoms with Crippen LogP contribution in [-0.4, -0.2) is 16.0 Å². The van der Waals surface area contributed by atoms with Crippen LogP contribution in [0.1, 0.15) is 25.3 Å². The van der Waals surface area contributed by atoms with Crippen LogP contribution in [0.5, 0.6) is 0 Å². The maximum absolute atomic E-state index is 10.9. The van der Waals surface area contributed by atoms with Crippen molar-refractivity contribution in [1.82, 2.24) is 0 Å². The summed E-state index contributed by atoms with van der Waals surface area (Å²) in [6.07, 6.45) is 2.76. The van der Waals surface area contributed by atoms with Crippen molar-refractivity contribution in [3.63, 3.8) is 0 Å². The van der Waals surface area contributed by atoms with E-state index in [2.05, 4.69) is 0 Å². The molecule has 90 valence electrons. The molecule has 1 aromatic carbocycles. The maximum Gasteiger partial charge on any atom is 0.331 e. The highest BCUT2D eigenvalue weighted by Crippen LogP contribution is 2.16. The van der Waals surface area contributed by atoms with E-state index in [1.165, 1.54) is 30.3 Å². The van der Waals surface area contributed by atoms with Crippen molar-refractivity contribution < 1.29 is 14.8 Å². The second kappa shape index (κ2) is 5.79. The number of carbonyl (C=O) groups is 1. The van der Waals surface area contributed by atoms with Crippen LogP contribution in [0.25, 0.3) is 6.08 Å². The van der Waals surface area contributed by atoms with Crippen molar-refractivity contribution in [3.8, 4) is 0 Å². The van der Waals surface area contributed by atoms with Gasteiger partial charge in [-0.25, -0.2) is 4.79 Å². The fourth-order valence-corrected chi connectivity index (χ4v) is 1.40. The van der Waals surface area contributed by atoms with Crippen LogP contribution in [0.15, 0.2) is 29.8 Å². The Labute approximate surface area is 98.5 Å². The number of hydrogen-bond donors (Lipinski definition) is 1. The first-order valence-electron chi connectivity index (χ1n) is 5.23. The number of rotatable bonds is 5. The Bertz CT molecular complexity index is 448. The zero-order chi connectivity index (χ0) is 12.8. The highest BCUT2D eigenvalue weighted by atomic mass is 16.6. The van der Waals surface area contributed by atoms with E-state index < -0.39 is 10.9 Å². The minimum absolute atomic E-state index is 0.00508. The third-order valence-corrected chi connectivity index (χ3v) is 2.24. The van der Waals surface area contributed by atoms with Gasteiger partial charge in [0.15, 0.2) is 0 Å². The van der Waals surface area contributed by atoms with E-state index >= 15 is 0 Å². The van der Waals surface area contributed by atoms with Gasteiger partial charge in [0.25, 0.3) is 5.69 Å². The largest absolute Gasteiger partial charge is 0.478 e. The SMILES string of the molecule is CCC/C(=C/c1ccc([N+](=O)[O-])cc1)C(=O)O. The lowest BCUT2D eigenvalue weighted by Crippen LogP contribution is -1.99. The van der Waals surface area contributed by atoms with Crippen LogP contribution in [0, 0.1) is 10.1 Å². The van der Waals surface area contributed by atoms with Crippen molar-refractivity contribution in [2.75, 3.05) is 0 Å². The second-order valence-electron chi connectivity index (χ2n) is 3.57. The molecule has 0 aliphatic heterocycles. The van der Waals surface area contributed by atoms with Gasteiger partial charge in [0.05, 0.1) is 4.92 Å². The zero-order valence-electron chi connectivity index (χ0n) is 9.42. The van der Waals surface area contributed by atoms with Gasteiger partial charge in [-0.05, 0) is 30.2 Å². The number of carboxylic acid groups (broad SMARTS) is 1. The average Bonchev–Trinajstić information content (AvgIpc) is 2.29. The number of non-ortho nitro benzene ring substituents is 1. The first-order valence-corrected chi connectivity index (χ1v) is 5.23. The predicted octanol–water partition coefficient (Wildman–Crippen LogP) is 2.86. The Kier molecular flexibility index (Phi) is 4.39. The summed E-state index contributed by atoms with van der Waals surface area (Å²) in [5.74, 6) is -0.954. The average molecular weight is 235 g/mol. The number of carboxylic acids is 1. The summed E-state index contributed by atoms with van der Waals surface area (Å²) in [7, 11) is 0. The minimum Gasteiger partial charge on any atom is -0.478 e. The van der Waals surface area contributed by atoms with Gasteiger partial charge >= 0.3 is 5.97 Å². The summed E-state index contributed by atoms with van der Waals surface area (Å²) in [6, 6.07) is 5.79. The summed E-state index contributed by atoms with van der Waals surface area (Å²) in [4.78, 5) is 20.8. The molecule has 0 amide bonds. The zero-order valence-corrected chi connectivity index (χ0v) is 9.42. The Balaban J connectivity index is 2.96. The molecule has 0 aliphatic rings. The third kappa shape index (κ3) is 3.71. The van der Waals surface area contributed by atoms with Crippen LogP contribution in [0.3, 0.4) is 0 Å². The van der Waals surface area contributed by atoms with E-state index in [0.717, 1.165) is 6.42 Å². The van der Waals surface area contributed by atoms with Gasteiger partial charge < -0.3 is 5.11 Å². The monoisotopic (exact) mass is 235 g/mol. The van der Waals surface area contributed by atoms with Gasteiger partial charge in [0.1, 0.15) is 0 Å². The van der Waals surface area contributed by atoms with E-state index in [9.17, 15) is 14.9 Å². The predicted molar refractivity (Wildman–Crippen MR) is 63.6 cm³/mol. The Morgan fingerprint density at radius 2 is 2.00 bits per heavy atom. The van der Waals surface area contributed by atoms with Crippen LogP contribution in [0.4, 0.5) is 5.69 Å². The molecule has 0 bridgehead atoms. The van der Waals surface area contributed by atoms with Crippen LogP contribution in [0.2, 0.25) is 0 Å². The normalized spacial score (nSPS) is 11.2. The molecule has 0 saturated carbocycles. The van der Waals surface area contributed by atoms with Gasteiger partial charge in [0, 0.05) is 17.7 Å². The van der Waals surface area contributed by atoms with Gasteiger partial charge in [0.2, 0.25) is 0 Å². The van der Waals surface area contributed by atoms with Crippen LogP contribution >= 0.6 is 0 Å². The molecule has 0 heterocycles. The quantitative estimate of drug-likeness (QED) is 0.483. The molecule has 0 radical (unpaired) electrons. The molecule has 0 unspecified atom stereocenters. The lowest BCUT2D eigenvalue weighted by molar-refractivity contribution is -0.384. The Morgan fingerprint density at radius 3 is 2.41 bits per heavy atom. The molecule has 1 rings (SSSR count). The fourth-order valence-electron chi connectivity index (χ4n) is 1.40. The van der Waals surface area contributed by atoms with Gasteiger partial charge in [-0.15, -0.1) is 0 Å². The second-order valence-corrected chi connectivity index (χ2v) is 3.57. The van der Waals surface area contributed by atoms with E-state index in [1.54, 1.807) is 0 Å². The van der Waals surface area contributed by atoms with E-state index in [0.29, 0.717) is 17.6 Å². The topological polar surface area (TPSA) is 80.4 Å². The van der Waals surface area contributed by atoms with Gasteiger partial charge in [-0.2, -0.15) is 0 Å². The molecule has 1 aromatic rings. The van der Waals surface area contributed by atoms with E-state index in [1.807, 2.05) is 6.92 Å². The number of aliphatic carboxylic acids is 1. The first-order chi connectivity index (χ1) is 8.04. The maximum atomic E-state index is 10.9. The van der Waals surface area contributed by atoms with Gasteiger partial charge in [-0.3, -0.25) is 10.1 Å². The third-order valence-electron chi connectivity index (χ3n) is 2.24. The number of nitro benzene ring substituents is 1. The summed E-state index contributed by atoms with van der Waals surface area (Å²) in [5, 5.41) is 19.4. The molecular formula is C12H13NO4. The molecule has 0 aromatic heterocycles. The smallest absolute Gasteiger partial charge is 0.331 e. The molecule has 0 spiro atoms. The molecule has 17 heavy (non-hydrogen) atoms. The summed E-state index contributed by atoms with van der Waals surface area (Å²) < 4.78 is 0. The van der Waals surface area contributed by atoms with Crippen LogP contribution in [-0.2, 0) is 4.79 Å². The molecule has 5 nitrogen and oxygen atoms in total. The summed E-state index contributed by atoms with van der Waals surface area (Å²) in [6.45, 7) is 1.90. The van der Waals surface area contributed by atoms with Crippen molar-refractivity contribution >= 4 is 17.7 Å². The van der Waals surface area contributed by atoms with Crippen molar-refractivity contribution in [2.45, 2.75) is 19.8 Å². The molecule has 0 aliphatic carbocycles. The van der Waals surface area contributed by atoms with Crippen LogP contribution < -0.4 is 0 Å². The van der Waals surface area contributed by atoms with E-state index in [-0.39, 0.29) is 5.69 Å². The number of nitro groups is 1. The van der Waals surface area contributed by atoms with Gasteiger partial charge in [-0.1, -0.05) is 13.3 Å². The fraction of sp³-hybridized carbons (Fsp3) is 0.250. The molecule has 1 N–H and O–H groups in total.